The Morgan fingerprint density at radius 2 is 2.28 bits per heavy atom. The van der Waals surface area contributed by atoms with Gasteiger partial charge >= 0.3 is 0 Å². The molecule has 1 saturated heterocycles. The highest BCUT2D eigenvalue weighted by Crippen LogP contribution is 2.27. The van der Waals surface area contributed by atoms with E-state index in [4.69, 9.17) is 0 Å². The third-order valence-corrected chi connectivity index (χ3v) is 5.33. The number of thiophene rings is 1. The van der Waals surface area contributed by atoms with Crippen LogP contribution in [0.1, 0.15) is 39.1 Å². The third kappa shape index (κ3) is 3.30. The van der Waals surface area contributed by atoms with Crippen LogP contribution in [0.4, 0.5) is 0 Å². The Balaban J connectivity index is 1.50. The first-order valence-electron chi connectivity index (χ1n) is 8.25. The average Bonchev–Trinajstić information content (AvgIpc) is 3.31. The third-order valence-electron chi connectivity index (χ3n) is 4.34. The molecule has 0 spiro atoms. The summed E-state index contributed by atoms with van der Waals surface area (Å²) in [5.74, 6) is 1.62. The molecule has 1 amide bonds. The van der Waals surface area contributed by atoms with E-state index in [1.54, 1.807) is 29.9 Å². The molecular weight excluding hydrogens is 336 g/mol. The van der Waals surface area contributed by atoms with Crippen LogP contribution in [0.3, 0.4) is 0 Å². The smallest absolute Gasteiger partial charge is 0.263 e. The van der Waals surface area contributed by atoms with Crippen LogP contribution in [0.15, 0.2) is 30.7 Å². The number of likely N-dealkylation sites (tertiary alicyclic amines) is 1. The van der Waals surface area contributed by atoms with E-state index in [9.17, 15) is 4.79 Å². The zero-order valence-corrected chi connectivity index (χ0v) is 14.7. The fraction of sp³-hybridized carbons (Fsp3) is 0.353. The predicted octanol–water partition coefficient (Wildman–Crippen LogP) is 2.65. The zero-order chi connectivity index (χ0) is 17.2. The van der Waals surface area contributed by atoms with Crippen molar-refractivity contribution in [3.8, 4) is 11.5 Å². The summed E-state index contributed by atoms with van der Waals surface area (Å²) in [5.41, 5.74) is 0.641. The van der Waals surface area contributed by atoms with E-state index in [0.29, 0.717) is 18.1 Å². The van der Waals surface area contributed by atoms with Crippen molar-refractivity contribution in [1.82, 2.24) is 30.0 Å². The highest BCUT2D eigenvalue weighted by Gasteiger charge is 2.28. The summed E-state index contributed by atoms with van der Waals surface area (Å²) in [6.07, 6.45) is 6.83. The quantitative estimate of drug-likeness (QED) is 0.781. The number of H-pyrrole nitrogens is 1. The SMILES string of the molecule is Cc1ccc(C(=O)N2CCC[C@@H](c3nc(-c4cnccn4)n[nH]3)C2)s1. The fourth-order valence-corrected chi connectivity index (χ4v) is 3.91. The van der Waals surface area contributed by atoms with Gasteiger partial charge < -0.3 is 4.90 Å². The van der Waals surface area contributed by atoms with Crippen molar-refractivity contribution in [2.45, 2.75) is 25.7 Å². The molecule has 0 saturated carbocycles. The molecule has 128 valence electrons. The van der Waals surface area contributed by atoms with Gasteiger partial charge in [-0.25, -0.2) is 9.97 Å². The van der Waals surface area contributed by atoms with Gasteiger partial charge in [-0.05, 0) is 31.9 Å². The largest absolute Gasteiger partial charge is 0.337 e. The van der Waals surface area contributed by atoms with Gasteiger partial charge in [0.05, 0.1) is 11.1 Å². The molecule has 1 N–H and O–H groups in total. The number of rotatable bonds is 3. The van der Waals surface area contributed by atoms with E-state index in [-0.39, 0.29) is 11.8 Å². The first kappa shape index (κ1) is 15.9. The molecular formula is C17H18N6OS. The van der Waals surface area contributed by atoms with E-state index in [1.165, 1.54) is 0 Å². The predicted molar refractivity (Wildman–Crippen MR) is 94.3 cm³/mol. The van der Waals surface area contributed by atoms with Crippen molar-refractivity contribution in [2.75, 3.05) is 13.1 Å². The van der Waals surface area contributed by atoms with Crippen molar-refractivity contribution in [3.63, 3.8) is 0 Å². The normalized spacial score (nSPS) is 17.6. The number of aryl methyl sites for hydroxylation is 1. The number of piperidine rings is 1. The number of carbonyl (C=O) groups excluding carboxylic acids is 1. The molecule has 8 heteroatoms. The summed E-state index contributed by atoms with van der Waals surface area (Å²) < 4.78 is 0. The molecule has 4 heterocycles. The number of hydrogen-bond acceptors (Lipinski definition) is 6. The Bertz CT molecular complexity index is 874. The summed E-state index contributed by atoms with van der Waals surface area (Å²) in [5, 5.41) is 7.27. The van der Waals surface area contributed by atoms with E-state index >= 15 is 0 Å². The Hall–Kier alpha value is -2.61. The van der Waals surface area contributed by atoms with Crippen LogP contribution in [0, 0.1) is 6.92 Å². The van der Waals surface area contributed by atoms with Crippen molar-refractivity contribution >= 4 is 17.2 Å². The van der Waals surface area contributed by atoms with Gasteiger partial charge in [0.2, 0.25) is 5.82 Å². The van der Waals surface area contributed by atoms with Crippen molar-refractivity contribution < 1.29 is 4.79 Å². The summed E-state index contributed by atoms with van der Waals surface area (Å²) in [6, 6.07) is 3.90. The zero-order valence-electron chi connectivity index (χ0n) is 13.8. The van der Waals surface area contributed by atoms with Gasteiger partial charge in [0.1, 0.15) is 11.5 Å². The molecule has 0 aromatic carbocycles. The van der Waals surface area contributed by atoms with Crippen LogP contribution in [0.25, 0.3) is 11.5 Å². The minimum absolute atomic E-state index is 0.108. The molecule has 1 aliphatic rings. The molecule has 1 fully saturated rings. The molecule has 1 atom stereocenters. The molecule has 7 nitrogen and oxygen atoms in total. The monoisotopic (exact) mass is 354 g/mol. The van der Waals surface area contributed by atoms with Crippen molar-refractivity contribution in [2.24, 2.45) is 0 Å². The number of aromatic amines is 1. The van der Waals surface area contributed by atoms with E-state index in [0.717, 1.165) is 35.0 Å². The second kappa shape index (κ2) is 6.72. The molecule has 0 unspecified atom stereocenters. The summed E-state index contributed by atoms with van der Waals surface area (Å²) in [7, 11) is 0. The van der Waals surface area contributed by atoms with Gasteiger partial charge in [0, 0.05) is 36.3 Å². The van der Waals surface area contributed by atoms with Gasteiger partial charge in [-0.1, -0.05) is 0 Å². The van der Waals surface area contributed by atoms with Crippen LogP contribution in [-0.2, 0) is 0 Å². The number of nitrogens with one attached hydrogen (secondary N) is 1. The lowest BCUT2D eigenvalue weighted by Crippen LogP contribution is -2.39. The lowest BCUT2D eigenvalue weighted by atomic mass is 9.97. The Morgan fingerprint density at radius 3 is 3.04 bits per heavy atom. The Kier molecular flexibility index (Phi) is 4.27. The van der Waals surface area contributed by atoms with E-state index in [2.05, 4.69) is 25.1 Å². The number of hydrogen-bond donors (Lipinski definition) is 1. The van der Waals surface area contributed by atoms with Gasteiger partial charge in [-0.3, -0.25) is 14.9 Å². The second-order valence-corrected chi connectivity index (χ2v) is 7.42. The first-order valence-corrected chi connectivity index (χ1v) is 9.07. The molecule has 0 radical (unpaired) electrons. The van der Waals surface area contributed by atoms with Crippen LogP contribution in [0.2, 0.25) is 0 Å². The lowest BCUT2D eigenvalue weighted by molar-refractivity contribution is 0.0709. The standard InChI is InChI=1S/C17H18N6OS/c1-11-4-5-14(25-11)17(24)23-8-2-3-12(10-23)15-20-16(22-21-15)13-9-18-6-7-19-13/h4-7,9,12H,2-3,8,10H2,1H3,(H,20,21,22)/t12-/m1/s1. The number of amides is 1. The molecule has 3 aromatic rings. The average molecular weight is 354 g/mol. The Labute approximate surface area is 149 Å². The molecule has 0 aliphatic carbocycles. The van der Waals surface area contributed by atoms with Gasteiger partial charge in [-0.15, -0.1) is 11.3 Å². The summed E-state index contributed by atoms with van der Waals surface area (Å²) in [6.45, 7) is 3.46. The molecule has 0 bridgehead atoms. The van der Waals surface area contributed by atoms with Gasteiger partial charge in [0.15, 0.2) is 0 Å². The maximum atomic E-state index is 12.7. The van der Waals surface area contributed by atoms with Gasteiger partial charge in [-0.2, -0.15) is 5.10 Å². The summed E-state index contributed by atoms with van der Waals surface area (Å²) in [4.78, 5) is 29.4. The van der Waals surface area contributed by atoms with Crippen molar-refractivity contribution in [1.29, 1.82) is 0 Å². The topological polar surface area (TPSA) is 87.7 Å². The van der Waals surface area contributed by atoms with Crippen LogP contribution < -0.4 is 0 Å². The second-order valence-electron chi connectivity index (χ2n) is 6.14. The summed E-state index contributed by atoms with van der Waals surface area (Å²) >= 11 is 1.55. The van der Waals surface area contributed by atoms with E-state index < -0.39 is 0 Å². The fourth-order valence-electron chi connectivity index (χ4n) is 3.08. The van der Waals surface area contributed by atoms with E-state index in [1.807, 2.05) is 24.0 Å². The molecule has 25 heavy (non-hydrogen) atoms. The number of aromatic nitrogens is 5. The number of carbonyl (C=O) groups is 1. The van der Waals surface area contributed by atoms with Crippen LogP contribution >= 0.6 is 11.3 Å². The number of nitrogens with zero attached hydrogens (tertiary/aromatic N) is 5. The molecule has 1 aliphatic heterocycles. The minimum Gasteiger partial charge on any atom is -0.337 e. The Morgan fingerprint density at radius 1 is 1.36 bits per heavy atom. The minimum atomic E-state index is 0.108. The van der Waals surface area contributed by atoms with Gasteiger partial charge in [0.25, 0.3) is 5.91 Å². The highest BCUT2D eigenvalue weighted by atomic mass is 32.1. The highest BCUT2D eigenvalue weighted by molar-refractivity contribution is 7.13. The molecule has 4 rings (SSSR count). The lowest BCUT2D eigenvalue weighted by Gasteiger charge is -2.31. The maximum Gasteiger partial charge on any atom is 0.263 e. The van der Waals surface area contributed by atoms with Crippen molar-refractivity contribution in [3.05, 3.63) is 46.3 Å². The van der Waals surface area contributed by atoms with Crippen LogP contribution in [-0.4, -0.2) is 49.0 Å². The van der Waals surface area contributed by atoms with Crippen LogP contribution in [0.5, 0.6) is 0 Å². The first-order chi connectivity index (χ1) is 12.2. The maximum absolute atomic E-state index is 12.7. The molecule has 3 aromatic heterocycles.